The Hall–Kier alpha value is -0.730. The van der Waals surface area contributed by atoms with Gasteiger partial charge in [-0.05, 0) is 0 Å². The zero-order valence-corrected chi connectivity index (χ0v) is 10.6. The van der Waals surface area contributed by atoms with Gasteiger partial charge in [0.1, 0.15) is 6.61 Å². The molecule has 0 saturated carbocycles. The molecule has 0 aromatic heterocycles. The van der Waals surface area contributed by atoms with E-state index in [1.807, 2.05) is 0 Å². The van der Waals surface area contributed by atoms with E-state index in [-0.39, 0.29) is 6.61 Å². The van der Waals surface area contributed by atoms with Gasteiger partial charge in [-0.2, -0.15) is 0 Å². The summed E-state index contributed by atoms with van der Waals surface area (Å²) in [5.41, 5.74) is 4.92. The summed E-state index contributed by atoms with van der Waals surface area (Å²) in [4.78, 5) is 12.6. The molecule has 1 unspecified atom stereocenters. The number of morpholine rings is 1. The SMILES string of the molecule is NC(=O)COCCNCC(O)CN1CCOCC1. The Balaban J connectivity index is 1.92. The Kier molecular flexibility index (Phi) is 7.86. The van der Waals surface area contributed by atoms with Gasteiger partial charge in [-0.15, -0.1) is 0 Å². The van der Waals surface area contributed by atoms with Crippen molar-refractivity contribution in [2.75, 3.05) is 59.2 Å². The number of nitrogens with two attached hydrogens (primary N) is 1. The van der Waals surface area contributed by atoms with E-state index < -0.39 is 12.0 Å². The summed E-state index contributed by atoms with van der Waals surface area (Å²) >= 11 is 0. The number of carbonyl (C=O) groups is 1. The van der Waals surface area contributed by atoms with Crippen LogP contribution in [0.1, 0.15) is 0 Å². The van der Waals surface area contributed by atoms with E-state index in [0.717, 1.165) is 26.3 Å². The molecule has 1 amide bonds. The van der Waals surface area contributed by atoms with Gasteiger partial charge in [-0.25, -0.2) is 0 Å². The van der Waals surface area contributed by atoms with E-state index in [0.29, 0.717) is 26.2 Å². The average molecular weight is 261 g/mol. The molecule has 0 spiro atoms. The molecule has 106 valence electrons. The fraction of sp³-hybridized carbons (Fsp3) is 0.909. The van der Waals surface area contributed by atoms with E-state index >= 15 is 0 Å². The lowest BCUT2D eigenvalue weighted by molar-refractivity contribution is -0.122. The van der Waals surface area contributed by atoms with E-state index in [2.05, 4.69) is 10.2 Å². The number of hydrogen-bond donors (Lipinski definition) is 3. The summed E-state index contributed by atoms with van der Waals surface area (Å²) in [5.74, 6) is -0.470. The molecule has 18 heavy (non-hydrogen) atoms. The van der Waals surface area contributed by atoms with Crippen LogP contribution in [-0.4, -0.2) is 81.2 Å². The van der Waals surface area contributed by atoms with Gasteiger partial charge < -0.3 is 25.6 Å². The molecule has 1 atom stereocenters. The molecule has 1 saturated heterocycles. The minimum absolute atomic E-state index is 0.0575. The molecule has 1 fully saturated rings. The van der Waals surface area contributed by atoms with Crippen LogP contribution in [0.3, 0.4) is 0 Å². The average Bonchev–Trinajstić information content (AvgIpc) is 2.34. The van der Waals surface area contributed by atoms with Gasteiger partial charge in [-0.1, -0.05) is 0 Å². The number of β-amino-alcohol motifs (C(OH)–C–C–N with tert-alkyl or cyclic N) is 1. The second kappa shape index (κ2) is 9.23. The smallest absolute Gasteiger partial charge is 0.243 e. The summed E-state index contributed by atoms with van der Waals surface area (Å²) in [7, 11) is 0. The zero-order valence-electron chi connectivity index (χ0n) is 10.6. The maximum atomic E-state index is 10.4. The molecule has 0 radical (unpaired) electrons. The Morgan fingerprint density at radius 3 is 2.89 bits per heavy atom. The van der Waals surface area contributed by atoms with E-state index in [1.165, 1.54) is 0 Å². The molecule has 7 nitrogen and oxygen atoms in total. The van der Waals surface area contributed by atoms with Crippen LogP contribution in [0.25, 0.3) is 0 Å². The summed E-state index contributed by atoms with van der Waals surface area (Å²) in [6.45, 7) is 5.33. The highest BCUT2D eigenvalue weighted by atomic mass is 16.5. The van der Waals surface area contributed by atoms with Crippen molar-refractivity contribution in [3.63, 3.8) is 0 Å². The fourth-order valence-electron chi connectivity index (χ4n) is 1.73. The number of carbonyl (C=O) groups excluding carboxylic acids is 1. The number of rotatable bonds is 9. The lowest BCUT2D eigenvalue weighted by Crippen LogP contribution is -2.44. The second-order valence-corrected chi connectivity index (χ2v) is 4.29. The first-order valence-corrected chi connectivity index (χ1v) is 6.23. The Bertz CT molecular complexity index is 234. The van der Waals surface area contributed by atoms with Gasteiger partial charge in [0.25, 0.3) is 0 Å². The van der Waals surface area contributed by atoms with Crippen molar-refractivity contribution in [1.29, 1.82) is 0 Å². The predicted molar refractivity (Wildman–Crippen MR) is 66.1 cm³/mol. The number of aliphatic hydroxyl groups excluding tert-OH is 1. The van der Waals surface area contributed by atoms with Crippen LogP contribution in [0, 0.1) is 0 Å². The first kappa shape index (κ1) is 15.3. The third-order valence-electron chi connectivity index (χ3n) is 2.62. The van der Waals surface area contributed by atoms with Gasteiger partial charge >= 0.3 is 0 Å². The maximum absolute atomic E-state index is 10.4. The summed E-state index contributed by atoms with van der Waals surface area (Å²) < 4.78 is 10.2. The molecular formula is C11H23N3O4. The summed E-state index contributed by atoms with van der Waals surface area (Å²) in [5, 5.41) is 12.8. The van der Waals surface area contributed by atoms with Gasteiger partial charge in [0.15, 0.2) is 0 Å². The highest BCUT2D eigenvalue weighted by Crippen LogP contribution is 1.97. The maximum Gasteiger partial charge on any atom is 0.243 e. The Morgan fingerprint density at radius 1 is 1.50 bits per heavy atom. The quantitative estimate of drug-likeness (QED) is 0.407. The van der Waals surface area contributed by atoms with E-state index in [4.69, 9.17) is 15.2 Å². The minimum atomic E-state index is -0.470. The van der Waals surface area contributed by atoms with Crippen LogP contribution >= 0.6 is 0 Å². The van der Waals surface area contributed by atoms with Crippen molar-refractivity contribution in [1.82, 2.24) is 10.2 Å². The molecule has 0 bridgehead atoms. The monoisotopic (exact) mass is 261 g/mol. The van der Waals surface area contributed by atoms with Gasteiger partial charge in [0.05, 0.1) is 25.9 Å². The third-order valence-corrected chi connectivity index (χ3v) is 2.62. The van der Waals surface area contributed by atoms with Crippen molar-refractivity contribution < 1.29 is 19.4 Å². The van der Waals surface area contributed by atoms with Crippen LogP contribution in [0.5, 0.6) is 0 Å². The van der Waals surface area contributed by atoms with Crippen LogP contribution in [0.2, 0.25) is 0 Å². The van der Waals surface area contributed by atoms with Crippen molar-refractivity contribution in [3.8, 4) is 0 Å². The van der Waals surface area contributed by atoms with E-state index in [1.54, 1.807) is 0 Å². The second-order valence-electron chi connectivity index (χ2n) is 4.29. The number of primary amides is 1. The standard InChI is InChI=1S/C11H23N3O4/c12-11(16)9-18-4-1-13-7-10(15)8-14-2-5-17-6-3-14/h10,13,15H,1-9H2,(H2,12,16). The largest absolute Gasteiger partial charge is 0.390 e. The lowest BCUT2D eigenvalue weighted by atomic mass is 10.3. The van der Waals surface area contributed by atoms with Crippen molar-refractivity contribution in [2.24, 2.45) is 5.73 Å². The van der Waals surface area contributed by atoms with Crippen LogP contribution < -0.4 is 11.1 Å². The van der Waals surface area contributed by atoms with Crippen molar-refractivity contribution >= 4 is 5.91 Å². The Morgan fingerprint density at radius 2 is 2.22 bits per heavy atom. The summed E-state index contributed by atoms with van der Waals surface area (Å²) in [6, 6.07) is 0. The molecule has 0 aromatic carbocycles. The van der Waals surface area contributed by atoms with Crippen LogP contribution in [0.15, 0.2) is 0 Å². The summed E-state index contributed by atoms with van der Waals surface area (Å²) in [6.07, 6.45) is -0.403. The lowest BCUT2D eigenvalue weighted by Gasteiger charge is -2.28. The van der Waals surface area contributed by atoms with Crippen molar-refractivity contribution in [3.05, 3.63) is 0 Å². The van der Waals surface area contributed by atoms with Crippen LogP contribution in [0.4, 0.5) is 0 Å². The highest BCUT2D eigenvalue weighted by Gasteiger charge is 2.14. The normalized spacial score (nSPS) is 18.7. The number of hydrogen-bond acceptors (Lipinski definition) is 6. The first-order valence-electron chi connectivity index (χ1n) is 6.23. The fourth-order valence-corrected chi connectivity index (χ4v) is 1.73. The number of nitrogens with zero attached hydrogens (tertiary/aromatic N) is 1. The molecule has 0 aromatic rings. The number of ether oxygens (including phenoxy) is 2. The molecule has 7 heteroatoms. The van der Waals surface area contributed by atoms with Crippen molar-refractivity contribution in [2.45, 2.75) is 6.10 Å². The molecule has 4 N–H and O–H groups in total. The zero-order chi connectivity index (χ0) is 13.2. The van der Waals surface area contributed by atoms with Gasteiger partial charge in [0, 0.05) is 32.7 Å². The molecule has 0 aliphatic carbocycles. The molecule has 1 aliphatic heterocycles. The molecular weight excluding hydrogens is 238 g/mol. The number of amides is 1. The third kappa shape index (κ3) is 7.57. The molecule has 1 heterocycles. The first-order chi connectivity index (χ1) is 8.68. The number of aliphatic hydroxyl groups is 1. The highest BCUT2D eigenvalue weighted by molar-refractivity contribution is 5.74. The number of nitrogens with one attached hydrogen (secondary N) is 1. The van der Waals surface area contributed by atoms with E-state index in [9.17, 15) is 9.90 Å². The molecule has 1 rings (SSSR count). The minimum Gasteiger partial charge on any atom is -0.390 e. The predicted octanol–water partition coefficient (Wildman–Crippen LogP) is -2.23. The van der Waals surface area contributed by atoms with Gasteiger partial charge in [-0.3, -0.25) is 9.69 Å². The Labute approximate surface area is 107 Å². The van der Waals surface area contributed by atoms with Crippen LogP contribution in [-0.2, 0) is 14.3 Å². The topological polar surface area (TPSA) is 97.1 Å². The molecule has 1 aliphatic rings. The van der Waals surface area contributed by atoms with Gasteiger partial charge in [0.2, 0.25) is 5.91 Å².